The van der Waals surface area contributed by atoms with E-state index < -0.39 is 18.0 Å². The molecule has 0 aliphatic rings. The number of nitrogens with zero attached hydrogens (tertiary/aromatic N) is 2. The van der Waals surface area contributed by atoms with E-state index in [2.05, 4.69) is 10.3 Å². The van der Waals surface area contributed by atoms with Crippen molar-refractivity contribution in [2.24, 2.45) is 0 Å². The van der Waals surface area contributed by atoms with Gasteiger partial charge in [0.25, 0.3) is 5.91 Å². The number of methoxy groups -OCH3 is 1. The zero-order valence-electron chi connectivity index (χ0n) is 13.8. The summed E-state index contributed by atoms with van der Waals surface area (Å²) in [5.41, 5.74) is 1.13. The van der Waals surface area contributed by atoms with Crippen molar-refractivity contribution in [1.82, 2.24) is 9.38 Å². The maximum absolute atomic E-state index is 12.2. The topological polar surface area (TPSA) is 81.9 Å². The molecule has 0 radical (unpaired) electrons. The van der Waals surface area contributed by atoms with Crippen molar-refractivity contribution in [2.75, 3.05) is 12.4 Å². The van der Waals surface area contributed by atoms with Crippen LogP contribution >= 0.6 is 11.3 Å². The number of hydrogen-bond acceptors (Lipinski definition) is 6. The largest absolute Gasteiger partial charge is 0.495 e. The van der Waals surface area contributed by atoms with Gasteiger partial charge in [0.1, 0.15) is 5.75 Å². The molecule has 0 aliphatic heterocycles. The molecule has 0 unspecified atom stereocenters. The van der Waals surface area contributed by atoms with Crippen LogP contribution in [0.4, 0.5) is 5.69 Å². The fourth-order valence-corrected chi connectivity index (χ4v) is 3.00. The molecule has 3 aromatic rings. The molecule has 0 saturated heterocycles. The molecule has 1 N–H and O–H groups in total. The minimum absolute atomic E-state index is 0.0146. The van der Waals surface area contributed by atoms with Gasteiger partial charge in [-0.2, -0.15) is 0 Å². The van der Waals surface area contributed by atoms with E-state index in [0.717, 1.165) is 4.96 Å². The monoisotopic (exact) mass is 359 g/mol. The van der Waals surface area contributed by atoms with E-state index in [1.165, 1.54) is 25.4 Å². The summed E-state index contributed by atoms with van der Waals surface area (Å²) < 4.78 is 12.2. The summed E-state index contributed by atoms with van der Waals surface area (Å²) in [7, 11) is 1.52. The fourth-order valence-electron chi connectivity index (χ4n) is 2.28. The van der Waals surface area contributed by atoms with Crippen LogP contribution in [0.5, 0.6) is 5.75 Å². The number of imidazole rings is 1. The molecule has 8 heteroatoms. The lowest BCUT2D eigenvalue weighted by Gasteiger charge is -2.14. The van der Waals surface area contributed by atoms with Crippen molar-refractivity contribution in [2.45, 2.75) is 19.4 Å². The van der Waals surface area contributed by atoms with Gasteiger partial charge in [0.2, 0.25) is 0 Å². The summed E-state index contributed by atoms with van der Waals surface area (Å²) in [6.45, 7) is 1.52. The first-order valence-corrected chi connectivity index (χ1v) is 8.49. The average molecular weight is 359 g/mol. The molecular weight excluding hydrogens is 342 g/mol. The Kier molecular flexibility index (Phi) is 4.99. The van der Waals surface area contributed by atoms with Gasteiger partial charge in [-0.05, 0) is 19.1 Å². The van der Waals surface area contributed by atoms with Crippen LogP contribution in [0.1, 0.15) is 12.6 Å². The highest BCUT2D eigenvalue weighted by Crippen LogP contribution is 2.23. The zero-order valence-corrected chi connectivity index (χ0v) is 14.6. The van der Waals surface area contributed by atoms with Crippen molar-refractivity contribution in [3.63, 3.8) is 0 Å². The number of esters is 1. The Bertz CT molecular complexity index is 874. The second kappa shape index (κ2) is 7.35. The van der Waals surface area contributed by atoms with Crippen molar-refractivity contribution in [3.05, 3.63) is 47.7 Å². The first-order valence-electron chi connectivity index (χ1n) is 7.61. The lowest BCUT2D eigenvalue weighted by atomic mass is 10.2. The first-order chi connectivity index (χ1) is 12.1. The third-order valence-electron chi connectivity index (χ3n) is 3.51. The Hall–Kier alpha value is -2.87. The smallest absolute Gasteiger partial charge is 0.312 e. The molecule has 0 fully saturated rings. The van der Waals surface area contributed by atoms with E-state index in [-0.39, 0.29) is 6.42 Å². The van der Waals surface area contributed by atoms with Crippen molar-refractivity contribution < 1.29 is 19.1 Å². The summed E-state index contributed by atoms with van der Waals surface area (Å²) in [5, 5.41) is 4.60. The zero-order chi connectivity index (χ0) is 17.8. The summed E-state index contributed by atoms with van der Waals surface area (Å²) >= 11 is 1.48. The van der Waals surface area contributed by atoms with Gasteiger partial charge < -0.3 is 14.8 Å². The third-order valence-corrected chi connectivity index (χ3v) is 4.28. The van der Waals surface area contributed by atoms with Crippen LogP contribution in [0.2, 0.25) is 0 Å². The molecule has 0 bridgehead atoms. The maximum atomic E-state index is 12.2. The van der Waals surface area contributed by atoms with E-state index in [0.29, 0.717) is 17.1 Å². The molecule has 2 aromatic heterocycles. The van der Waals surface area contributed by atoms with Crippen molar-refractivity contribution in [1.29, 1.82) is 0 Å². The Labute approximate surface area is 148 Å². The summed E-state index contributed by atoms with van der Waals surface area (Å²) in [6, 6.07) is 7.02. The normalized spacial score (nSPS) is 11.9. The van der Waals surface area contributed by atoms with Gasteiger partial charge in [0, 0.05) is 17.8 Å². The summed E-state index contributed by atoms with van der Waals surface area (Å²) in [4.78, 5) is 29.4. The molecule has 7 nitrogen and oxygen atoms in total. The van der Waals surface area contributed by atoms with E-state index in [1.54, 1.807) is 30.5 Å². The number of nitrogens with one attached hydrogen (secondary N) is 1. The third kappa shape index (κ3) is 3.97. The average Bonchev–Trinajstić information content (AvgIpc) is 3.16. The maximum Gasteiger partial charge on any atom is 0.312 e. The van der Waals surface area contributed by atoms with Crippen molar-refractivity contribution >= 4 is 33.9 Å². The van der Waals surface area contributed by atoms with Gasteiger partial charge in [0.15, 0.2) is 11.1 Å². The van der Waals surface area contributed by atoms with Crippen LogP contribution in [-0.2, 0) is 20.7 Å². The second-order valence-electron chi connectivity index (χ2n) is 5.32. The van der Waals surface area contributed by atoms with Gasteiger partial charge in [0.05, 0.1) is 24.9 Å². The lowest BCUT2D eigenvalue weighted by molar-refractivity contribution is -0.152. The number of carbonyl (C=O) groups is 2. The highest BCUT2D eigenvalue weighted by atomic mass is 32.1. The fraction of sp³-hybridized carbons (Fsp3) is 0.235. The van der Waals surface area contributed by atoms with Gasteiger partial charge >= 0.3 is 5.97 Å². The minimum Gasteiger partial charge on any atom is -0.495 e. The van der Waals surface area contributed by atoms with Crippen LogP contribution in [0, 0.1) is 0 Å². The van der Waals surface area contributed by atoms with Crippen LogP contribution < -0.4 is 10.1 Å². The number of thiazole rings is 1. The number of fused-ring (bicyclic) bond motifs is 1. The van der Waals surface area contributed by atoms with E-state index in [1.807, 2.05) is 16.0 Å². The molecular formula is C17H17N3O4S. The highest BCUT2D eigenvalue weighted by molar-refractivity contribution is 7.15. The number of hydrogen-bond donors (Lipinski definition) is 1. The summed E-state index contributed by atoms with van der Waals surface area (Å²) in [6.07, 6.45) is 2.72. The number of carbonyl (C=O) groups excluding carboxylic acids is 2. The van der Waals surface area contributed by atoms with E-state index >= 15 is 0 Å². The predicted molar refractivity (Wildman–Crippen MR) is 94.0 cm³/mol. The molecule has 2 heterocycles. The molecule has 0 saturated carbocycles. The Morgan fingerprint density at radius 1 is 1.36 bits per heavy atom. The van der Waals surface area contributed by atoms with Gasteiger partial charge in [-0.3, -0.25) is 14.0 Å². The quantitative estimate of drug-likeness (QED) is 0.684. The van der Waals surface area contributed by atoms with E-state index in [9.17, 15) is 9.59 Å². The van der Waals surface area contributed by atoms with Gasteiger partial charge in [-0.15, -0.1) is 11.3 Å². The van der Waals surface area contributed by atoms with Crippen molar-refractivity contribution in [3.8, 4) is 5.75 Å². The minimum atomic E-state index is -0.929. The number of ether oxygens (including phenoxy) is 2. The van der Waals surface area contributed by atoms with Crippen LogP contribution in [0.15, 0.2) is 42.0 Å². The van der Waals surface area contributed by atoms with Gasteiger partial charge in [-0.1, -0.05) is 12.1 Å². The first kappa shape index (κ1) is 17.0. The second-order valence-corrected chi connectivity index (χ2v) is 6.20. The molecule has 25 heavy (non-hydrogen) atoms. The Balaban J connectivity index is 1.57. The number of benzene rings is 1. The Morgan fingerprint density at radius 2 is 2.16 bits per heavy atom. The van der Waals surface area contributed by atoms with Crippen LogP contribution in [0.25, 0.3) is 4.96 Å². The Morgan fingerprint density at radius 3 is 2.92 bits per heavy atom. The highest BCUT2D eigenvalue weighted by Gasteiger charge is 2.20. The summed E-state index contributed by atoms with van der Waals surface area (Å²) in [5.74, 6) is -0.399. The molecule has 1 amide bonds. The number of rotatable bonds is 6. The van der Waals surface area contributed by atoms with E-state index in [4.69, 9.17) is 9.47 Å². The number of amides is 1. The van der Waals surface area contributed by atoms with Gasteiger partial charge in [-0.25, -0.2) is 4.98 Å². The molecule has 3 rings (SSSR count). The molecule has 1 atom stereocenters. The number of para-hydroxylation sites is 2. The predicted octanol–water partition coefficient (Wildman–Crippen LogP) is 2.52. The molecule has 0 aliphatic carbocycles. The van der Waals surface area contributed by atoms with Crippen LogP contribution in [0.3, 0.4) is 0 Å². The lowest BCUT2D eigenvalue weighted by Crippen LogP contribution is -2.30. The van der Waals surface area contributed by atoms with Crippen LogP contribution in [-0.4, -0.2) is 34.5 Å². The number of anilines is 1. The SMILES string of the molecule is COc1ccccc1NC(=O)[C@@H](C)OC(=O)Cc1cn2ccsc2n1. The molecule has 1 aromatic carbocycles. The standard InChI is InChI=1S/C17H17N3O4S/c1-11(16(22)19-13-5-3-4-6-14(13)23-2)24-15(21)9-12-10-20-7-8-25-17(20)18-12/h3-8,10-11H,9H2,1-2H3,(H,19,22)/t11-/m1/s1. The molecule has 0 spiro atoms. The number of aromatic nitrogens is 2. The molecule has 130 valence electrons.